The molecule has 0 aromatic heterocycles. The van der Waals surface area contributed by atoms with Gasteiger partial charge in [-0.3, -0.25) is 14.5 Å². The smallest absolute Gasteiger partial charge is 0.303 e. The van der Waals surface area contributed by atoms with Gasteiger partial charge in [0, 0.05) is 12.6 Å². The molecule has 23 heavy (non-hydrogen) atoms. The lowest BCUT2D eigenvalue weighted by molar-refractivity contribution is -0.145. The van der Waals surface area contributed by atoms with E-state index in [0.717, 1.165) is 12.1 Å². The highest BCUT2D eigenvalue weighted by molar-refractivity contribution is 9.28. The number of hydrogen-bond acceptors (Lipinski definition) is 3. The maximum absolute atomic E-state index is 12.9. The maximum Gasteiger partial charge on any atom is 0.303 e. The lowest BCUT2D eigenvalue weighted by atomic mass is 10.1. The van der Waals surface area contributed by atoms with Crippen molar-refractivity contribution in [3.8, 4) is 0 Å². The predicted octanol–water partition coefficient (Wildman–Crippen LogP) is 4.65. The molecule has 1 heterocycles. The molecule has 1 aromatic carbocycles. The van der Waals surface area contributed by atoms with Gasteiger partial charge in [-0.1, -0.05) is 31.5 Å². The lowest BCUT2D eigenvalue weighted by Gasteiger charge is -2.21. The van der Waals surface area contributed by atoms with Crippen LogP contribution in [0, 0.1) is 0 Å². The Morgan fingerprint density at radius 2 is 1.91 bits per heavy atom. The van der Waals surface area contributed by atoms with Gasteiger partial charge >= 0.3 is 5.97 Å². The highest BCUT2D eigenvalue weighted by atomic mass is 79.9. The minimum Gasteiger partial charge on any atom is -0.457 e. The molecule has 0 N–H and O–H groups in total. The second-order valence-corrected chi connectivity index (χ2v) is 7.76. The highest BCUT2D eigenvalue weighted by Crippen LogP contribution is 2.36. The molecular weight excluding hydrogens is 426 g/mol. The van der Waals surface area contributed by atoms with Crippen LogP contribution < -0.4 is 4.90 Å². The molecule has 0 bridgehead atoms. The number of allylic oxidation sites excluding steroid dienone is 1. The molecule has 1 aliphatic rings. The van der Waals surface area contributed by atoms with Crippen molar-refractivity contribution in [1.82, 2.24) is 0 Å². The quantitative estimate of drug-likeness (QED) is 0.623. The van der Waals surface area contributed by atoms with Gasteiger partial charge in [-0.05, 0) is 56.5 Å². The van der Waals surface area contributed by atoms with Gasteiger partial charge in [0.2, 0.25) is 0 Å². The van der Waals surface area contributed by atoms with Gasteiger partial charge in [-0.25, -0.2) is 0 Å². The SMILES string of the molecule is CCCC(OC(C)=O)C1=CC(=C(Br)Br)N(c2ccccc2)C1=O. The van der Waals surface area contributed by atoms with Crippen LogP contribution in [-0.2, 0) is 14.3 Å². The molecule has 6 heteroatoms. The van der Waals surface area contributed by atoms with Crippen molar-refractivity contribution in [1.29, 1.82) is 0 Å². The zero-order chi connectivity index (χ0) is 17.0. The summed E-state index contributed by atoms with van der Waals surface area (Å²) in [5, 5.41) is 0. The molecule has 4 nitrogen and oxygen atoms in total. The summed E-state index contributed by atoms with van der Waals surface area (Å²) in [6.07, 6.45) is 2.64. The standard InChI is InChI=1S/C17H17Br2NO3/c1-3-7-15(23-11(2)21)13-10-14(16(18)19)20(17(13)22)12-8-5-4-6-9-12/h4-6,8-10,15H,3,7H2,1-2H3. The number of esters is 1. The molecule has 0 fully saturated rings. The van der Waals surface area contributed by atoms with Gasteiger partial charge in [-0.15, -0.1) is 0 Å². The average Bonchev–Trinajstić information content (AvgIpc) is 2.85. The Balaban J connectivity index is 2.43. The van der Waals surface area contributed by atoms with Crippen LogP contribution >= 0.6 is 31.9 Å². The van der Waals surface area contributed by atoms with E-state index in [-0.39, 0.29) is 5.91 Å². The Kier molecular flexibility index (Phi) is 6.18. The number of hydrogen-bond donors (Lipinski definition) is 0. The van der Waals surface area contributed by atoms with Gasteiger partial charge < -0.3 is 4.74 Å². The number of para-hydroxylation sites is 1. The first-order valence-corrected chi connectivity index (χ1v) is 8.87. The van der Waals surface area contributed by atoms with E-state index in [9.17, 15) is 9.59 Å². The molecule has 122 valence electrons. The predicted molar refractivity (Wildman–Crippen MR) is 97.4 cm³/mol. The summed E-state index contributed by atoms with van der Waals surface area (Å²) < 4.78 is 6.01. The largest absolute Gasteiger partial charge is 0.457 e. The maximum atomic E-state index is 12.9. The summed E-state index contributed by atoms with van der Waals surface area (Å²) in [5.41, 5.74) is 1.93. The minimum atomic E-state index is -0.534. The molecule has 1 unspecified atom stereocenters. The Morgan fingerprint density at radius 1 is 1.26 bits per heavy atom. The second-order valence-electron chi connectivity index (χ2n) is 5.11. The fourth-order valence-electron chi connectivity index (χ4n) is 2.46. The van der Waals surface area contributed by atoms with Crippen LogP contribution in [-0.4, -0.2) is 18.0 Å². The van der Waals surface area contributed by atoms with Crippen molar-refractivity contribution < 1.29 is 14.3 Å². The monoisotopic (exact) mass is 441 g/mol. The number of nitrogens with zero attached hydrogens (tertiary/aromatic N) is 1. The molecule has 1 amide bonds. The van der Waals surface area contributed by atoms with Crippen LogP contribution in [0.2, 0.25) is 0 Å². The number of benzene rings is 1. The topological polar surface area (TPSA) is 46.6 Å². The molecule has 0 saturated heterocycles. The molecule has 1 aromatic rings. The van der Waals surface area contributed by atoms with Crippen LogP contribution in [0.15, 0.2) is 51.1 Å². The first-order valence-electron chi connectivity index (χ1n) is 7.29. The molecule has 0 aliphatic carbocycles. The van der Waals surface area contributed by atoms with Crippen LogP contribution in [0.4, 0.5) is 5.69 Å². The number of amides is 1. The van der Waals surface area contributed by atoms with Gasteiger partial charge in [0.05, 0.1) is 14.7 Å². The fraction of sp³-hybridized carbons (Fsp3) is 0.294. The number of ether oxygens (including phenoxy) is 1. The van der Waals surface area contributed by atoms with Crippen LogP contribution in [0.3, 0.4) is 0 Å². The Morgan fingerprint density at radius 3 is 2.43 bits per heavy atom. The first kappa shape index (κ1) is 17.9. The Hall–Kier alpha value is -1.40. The average molecular weight is 443 g/mol. The van der Waals surface area contributed by atoms with Gasteiger partial charge in [0.25, 0.3) is 5.91 Å². The van der Waals surface area contributed by atoms with E-state index in [0.29, 0.717) is 21.1 Å². The summed E-state index contributed by atoms with van der Waals surface area (Å²) in [6, 6.07) is 9.35. The van der Waals surface area contributed by atoms with Crippen LogP contribution in [0.5, 0.6) is 0 Å². The number of carbonyl (C=O) groups excluding carboxylic acids is 2. The van der Waals surface area contributed by atoms with Crippen molar-refractivity contribution in [2.75, 3.05) is 4.90 Å². The van der Waals surface area contributed by atoms with Gasteiger partial charge in [-0.2, -0.15) is 0 Å². The molecule has 0 saturated carbocycles. The second kappa shape index (κ2) is 7.93. The van der Waals surface area contributed by atoms with Gasteiger partial charge in [0.1, 0.15) is 6.10 Å². The number of rotatable bonds is 5. The van der Waals surface area contributed by atoms with Crippen molar-refractivity contribution in [2.24, 2.45) is 0 Å². The van der Waals surface area contributed by atoms with E-state index in [2.05, 4.69) is 31.9 Å². The normalized spacial score (nSPS) is 15.5. The number of carbonyl (C=O) groups is 2. The summed E-state index contributed by atoms with van der Waals surface area (Å²) in [4.78, 5) is 25.9. The van der Waals surface area contributed by atoms with Crippen molar-refractivity contribution >= 4 is 49.4 Å². The third-order valence-electron chi connectivity index (χ3n) is 3.40. The summed E-state index contributed by atoms with van der Waals surface area (Å²) in [7, 11) is 0. The Bertz CT molecular complexity index is 664. The minimum absolute atomic E-state index is 0.178. The first-order chi connectivity index (χ1) is 11.0. The van der Waals surface area contributed by atoms with Crippen LogP contribution in [0.1, 0.15) is 26.7 Å². The van der Waals surface area contributed by atoms with E-state index in [1.54, 1.807) is 11.0 Å². The fourth-order valence-corrected chi connectivity index (χ4v) is 3.04. The molecular formula is C17H17Br2NO3. The van der Waals surface area contributed by atoms with Crippen LogP contribution in [0.25, 0.3) is 0 Å². The molecule has 0 spiro atoms. The number of halogens is 2. The zero-order valence-electron chi connectivity index (χ0n) is 12.9. The third-order valence-corrected chi connectivity index (χ3v) is 4.21. The molecule has 0 radical (unpaired) electrons. The lowest BCUT2D eigenvalue weighted by Crippen LogP contribution is -2.30. The van der Waals surface area contributed by atoms with E-state index in [4.69, 9.17) is 4.74 Å². The molecule has 1 atom stereocenters. The van der Waals surface area contributed by atoms with Gasteiger partial charge in [0.15, 0.2) is 0 Å². The molecule has 1 aliphatic heterocycles. The van der Waals surface area contributed by atoms with E-state index in [1.165, 1.54) is 6.92 Å². The summed E-state index contributed by atoms with van der Waals surface area (Å²) in [6.45, 7) is 3.34. The van der Waals surface area contributed by atoms with E-state index >= 15 is 0 Å². The Labute approximate surface area is 152 Å². The summed E-state index contributed by atoms with van der Waals surface area (Å²) in [5.74, 6) is -0.568. The van der Waals surface area contributed by atoms with Crippen molar-refractivity contribution in [2.45, 2.75) is 32.8 Å². The van der Waals surface area contributed by atoms with Crippen molar-refractivity contribution in [3.05, 3.63) is 51.1 Å². The van der Waals surface area contributed by atoms with E-state index in [1.807, 2.05) is 37.3 Å². The van der Waals surface area contributed by atoms with E-state index < -0.39 is 12.1 Å². The summed E-state index contributed by atoms with van der Waals surface area (Å²) >= 11 is 6.77. The third kappa shape index (κ3) is 4.12. The number of anilines is 1. The molecule has 2 rings (SSSR count). The van der Waals surface area contributed by atoms with Crippen molar-refractivity contribution in [3.63, 3.8) is 0 Å². The highest BCUT2D eigenvalue weighted by Gasteiger charge is 2.36. The zero-order valence-corrected chi connectivity index (χ0v) is 16.1.